The topological polar surface area (TPSA) is 73.3 Å². The molecule has 0 N–H and O–H groups in total. The average molecular weight is 233 g/mol. The second-order valence-corrected chi connectivity index (χ2v) is 4.13. The Labute approximate surface area is 96.9 Å². The zero-order valence-electron chi connectivity index (χ0n) is 9.13. The molecule has 0 saturated carbocycles. The minimum absolute atomic E-state index is 0.00940. The van der Waals surface area contributed by atoms with Crippen LogP contribution >= 0.6 is 0 Å². The number of likely N-dealkylation sites (tertiary alicyclic amines) is 1. The van der Waals surface area contributed by atoms with E-state index in [0.29, 0.717) is 21.5 Å². The number of hydrogen-bond acceptors (Lipinski definition) is 4. The highest BCUT2D eigenvalue weighted by Crippen LogP contribution is 2.15. The lowest BCUT2D eigenvalue weighted by atomic mass is 10.2. The van der Waals surface area contributed by atoms with Crippen LogP contribution in [0.3, 0.4) is 0 Å². The summed E-state index contributed by atoms with van der Waals surface area (Å²) in [7, 11) is 0. The lowest BCUT2D eigenvalue weighted by Crippen LogP contribution is -2.27. The molecule has 6 nitrogen and oxygen atoms in total. The standard InChI is InChI=1S/C11H11N3O3/c15-11(13-5-1-2-6-13)8-3-4-10-9(7-8)12-17-14(10)16/h3-4,7H,1-2,5-6H2. The lowest BCUT2D eigenvalue weighted by molar-refractivity contribution is -0.782. The van der Waals surface area contributed by atoms with Gasteiger partial charge in [-0.3, -0.25) is 9.42 Å². The van der Waals surface area contributed by atoms with Crippen LogP contribution in [0.15, 0.2) is 22.8 Å². The van der Waals surface area contributed by atoms with E-state index in [4.69, 9.17) is 0 Å². The molecule has 17 heavy (non-hydrogen) atoms. The van der Waals surface area contributed by atoms with Gasteiger partial charge in [-0.05, 0) is 29.9 Å². The Kier molecular flexibility index (Phi) is 2.21. The van der Waals surface area contributed by atoms with Crippen LogP contribution in [0.4, 0.5) is 0 Å². The smallest absolute Gasteiger partial charge is 0.254 e. The third-order valence-corrected chi connectivity index (χ3v) is 3.03. The Hall–Kier alpha value is -2.11. The first-order valence-corrected chi connectivity index (χ1v) is 5.54. The van der Waals surface area contributed by atoms with Crippen LogP contribution in [-0.4, -0.2) is 29.1 Å². The van der Waals surface area contributed by atoms with Crippen LogP contribution in [0.2, 0.25) is 0 Å². The highest BCUT2D eigenvalue weighted by molar-refractivity contribution is 5.97. The molecule has 0 atom stereocenters. The minimum Gasteiger partial charge on any atom is -0.359 e. The number of rotatable bonds is 1. The van der Waals surface area contributed by atoms with E-state index in [0.717, 1.165) is 25.9 Å². The second-order valence-electron chi connectivity index (χ2n) is 4.13. The Bertz CT molecular complexity index is 572. The number of amides is 1. The van der Waals surface area contributed by atoms with E-state index in [2.05, 4.69) is 9.79 Å². The van der Waals surface area contributed by atoms with Crippen LogP contribution < -0.4 is 4.90 Å². The molecule has 1 aromatic carbocycles. The maximum atomic E-state index is 12.1. The van der Waals surface area contributed by atoms with Gasteiger partial charge in [0.2, 0.25) is 11.0 Å². The van der Waals surface area contributed by atoms with E-state index >= 15 is 0 Å². The molecule has 0 spiro atoms. The molecule has 6 heteroatoms. The molecule has 88 valence electrons. The molecule has 2 aromatic rings. The summed E-state index contributed by atoms with van der Waals surface area (Å²) in [6, 6.07) is 4.78. The van der Waals surface area contributed by atoms with Crippen molar-refractivity contribution in [3.63, 3.8) is 0 Å². The lowest BCUT2D eigenvalue weighted by Gasteiger charge is -2.14. The van der Waals surface area contributed by atoms with Crippen molar-refractivity contribution in [2.24, 2.45) is 0 Å². The molecule has 1 fully saturated rings. The predicted molar refractivity (Wildman–Crippen MR) is 58.1 cm³/mol. The van der Waals surface area contributed by atoms with Crippen LogP contribution in [0, 0.1) is 5.21 Å². The molecule has 1 aliphatic rings. The summed E-state index contributed by atoms with van der Waals surface area (Å²) in [5.74, 6) is -0.00940. The fraction of sp³-hybridized carbons (Fsp3) is 0.364. The van der Waals surface area contributed by atoms with Crippen molar-refractivity contribution in [2.75, 3.05) is 13.1 Å². The zero-order chi connectivity index (χ0) is 11.8. The normalized spacial score (nSPS) is 15.6. The number of fused-ring (bicyclic) bond motifs is 1. The molecular weight excluding hydrogens is 222 g/mol. The monoisotopic (exact) mass is 233 g/mol. The molecule has 2 heterocycles. The van der Waals surface area contributed by atoms with Crippen molar-refractivity contribution in [3.8, 4) is 0 Å². The van der Waals surface area contributed by atoms with Crippen LogP contribution in [0.5, 0.6) is 0 Å². The predicted octanol–water partition coefficient (Wildman–Crippen LogP) is 0.697. The zero-order valence-corrected chi connectivity index (χ0v) is 9.13. The maximum Gasteiger partial charge on any atom is 0.254 e. The van der Waals surface area contributed by atoms with Gasteiger partial charge in [0.15, 0.2) is 0 Å². The Balaban J connectivity index is 1.97. The molecule has 0 unspecified atom stereocenters. The minimum atomic E-state index is -0.00940. The second kappa shape index (κ2) is 3.73. The molecule has 1 aliphatic heterocycles. The number of aromatic nitrogens is 2. The summed E-state index contributed by atoms with van der Waals surface area (Å²) < 4.78 is 4.46. The number of benzene rings is 1. The summed E-state index contributed by atoms with van der Waals surface area (Å²) in [6.45, 7) is 1.61. The van der Waals surface area contributed by atoms with Crippen LogP contribution in [0.25, 0.3) is 11.0 Å². The summed E-state index contributed by atoms with van der Waals surface area (Å²) in [6.07, 6.45) is 2.11. The first kappa shape index (κ1) is 10.1. The van der Waals surface area contributed by atoms with Gasteiger partial charge in [0.05, 0.1) is 0 Å². The largest absolute Gasteiger partial charge is 0.359 e. The average Bonchev–Trinajstić information content (AvgIpc) is 2.98. The Morgan fingerprint density at radius 2 is 2.18 bits per heavy atom. The fourth-order valence-corrected chi connectivity index (χ4v) is 2.11. The summed E-state index contributed by atoms with van der Waals surface area (Å²) in [5.41, 5.74) is 1.29. The van der Waals surface area contributed by atoms with Crippen LogP contribution in [0.1, 0.15) is 23.2 Å². The Morgan fingerprint density at radius 1 is 1.41 bits per heavy atom. The van der Waals surface area contributed by atoms with Gasteiger partial charge < -0.3 is 10.1 Å². The maximum absolute atomic E-state index is 12.1. The molecule has 1 amide bonds. The van der Waals surface area contributed by atoms with E-state index < -0.39 is 0 Å². The van der Waals surface area contributed by atoms with Gasteiger partial charge in [0.25, 0.3) is 5.91 Å². The molecule has 1 saturated heterocycles. The molecule has 3 rings (SSSR count). The van der Waals surface area contributed by atoms with Crippen molar-refractivity contribution in [1.82, 2.24) is 10.1 Å². The van der Waals surface area contributed by atoms with E-state index in [-0.39, 0.29) is 5.91 Å². The SMILES string of the molecule is O=C(c1ccc2c(c1)no[n+]2[O-])N1CCCC1. The van der Waals surface area contributed by atoms with E-state index in [1.165, 1.54) is 0 Å². The van der Waals surface area contributed by atoms with Gasteiger partial charge in [-0.1, -0.05) is 0 Å². The number of hydrogen-bond donors (Lipinski definition) is 0. The first-order chi connectivity index (χ1) is 8.25. The van der Waals surface area contributed by atoms with Gasteiger partial charge in [0.1, 0.15) is 0 Å². The number of nitrogens with zero attached hydrogens (tertiary/aromatic N) is 3. The highest BCUT2D eigenvalue weighted by Gasteiger charge is 2.21. The fourth-order valence-electron chi connectivity index (χ4n) is 2.11. The van der Waals surface area contributed by atoms with E-state index in [1.807, 2.05) is 4.90 Å². The third-order valence-electron chi connectivity index (χ3n) is 3.03. The third kappa shape index (κ3) is 1.61. The van der Waals surface area contributed by atoms with Crippen LogP contribution in [-0.2, 0) is 0 Å². The molecular formula is C11H11N3O3. The first-order valence-electron chi connectivity index (χ1n) is 5.54. The van der Waals surface area contributed by atoms with Gasteiger partial charge in [0, 0.05) is 29.9 Å². The molecule has 1 aromatic heterocycles. The van der Waals surface area contributed by atoms with Crippen molar-refractivity contribution in [1.29, 1.82) is 0 Å². The molecule has 0 bridgehead atoms. The summed E-state index contributed by atoms with van der Waals surface area (Å²) in [5, 5.41) is 14.7. The molecule has 0 radical (unpaired) electrons. The number of carbonyl (C=O) groups is 1. The quantitative estimate of drug-likeness (QED) is 0.679. The van der Waals surface area contributed by atoms with E-state index in [1.54, 1.807) is 18.2 Å². The summed E-state index contributed by atoms with van der Waals surface area (Å²) in [4.78, 5) is 14.2. The van der Waals surface area contributed by atoms with Crippen molar-refractivity contribution in [3.05, 3.63) is 29.0 Å². The van der Waals surface area contributed by atoms with Crippen molar-refractivity contribution < 1.29 is 14.3 Å². The van der Waals surface area contributed by atoms with Crippen molar-refractivity contribution >= 4 is 16.9 Å². The summed E-state index contributed by atoms with van der Waals surface area (Å²) >= 11 is 0. The van der Waals surface area contributed by atoms with Gasteiger partial charge in [-0.25, -0.2) is 0 Å². The molecule has 0 aliphatic carbocycles. The van der Waals surface area contributed by atoms with Crippen molar-refractivity contribution in [2.45, 2.75) is 12.8 Å². The Morgan fingerprint density at radius 3 is 2.94 bits per heavy atom. The highest BCUT2D eigenvalue weighted by atomic mass is 16.8. The van der Waals surface area contributed by atoms with Gasteiger partial charge >= 0.3 is 0 Å². The van der Waals surface area contributed by atoms with Gasteiger partial charge in [-0.15, -0.1) is 0 Å². The van der Waals surface area contributed by atoms with Gasteiger partial charge in [-0.2, -0.15) is 0 Å². The van der Waals surface area contributed by atoms with E-state index in [9.17, 15) is 10.0 Å². The number of carbonyl (C=O) groups excluding carboxylic acids is 1.